The lowest BCUT2D eigenvalue weighted by Gasteiger charge is -2.22. The Morgan fingerprint density at radius 3 is 2.88 bits per heavy atom. The van der Waals surface area contributed by atoms with Crippen LogP contribution in [0.5, 0.6) is 5.75 Å². The smallest absolute Gasteiger partial charge is 0.236 e. The van der Waals surface area contributed by atoms with Crippen molar-refractivity contribution in [3.8, 4) is 22.9 Å². The van der Waals surface area contributed by atoms with Gasteiger partial charge < -0.3 is 14.8 Å². The summed E-state index contributed by atoms with van der Waals surface area (Å²) in [5, 5.41) is 15.6. The van der Waals surface area contributed by atoms with Crippen LogP contribution in [0.3, 0.4) is 0 Å². The minimum Gasteiger partial charge on any atom is -0.493 e. The summed E-state index contributed by atoms with van der Waals surface area (Å²) in [6.07, 6.45) is 5.69. The van der Waals surface area contributed by atoms with Crippen LogP contribution in [-0.2, 0) is 10.2 Å². The van der Waals surface area contributed by atoms with Crippen LogP contribution in [0.15, 0.2) is 42.0 Å². The van der Waals surface area contributed by atoms with Crippen molar-refractivity contribution in [1.29, 1.82) is 5.26 Å². The molecule has 7 nitrogen and oxygen atoms in total. The molecule has 1 fully saturated rings. The van der Waals surface area contributed by atoms with E-state index in [1.54, 1.807) is 30.3 Å². The van der Waals surface area contributed by atoms with Gasteiger partial charge in [-0.25, -0.2) is 4.98 Å². The van der Waals surface area contributed by atoms with Gasteiger partial charge in [0.05, 0.1) is 23.3 Å². The van der Waals surface area contributed by atoms with Gasteiger partial charge in [0.15, 0.2) is 5.13 Å². The van der Waals surface area contributed by atoms with E-state index in [9.17, 15) is 10.1 Å². The first kappa shape index (κ1) is 23.1. The highest BCUT2D eigenvalue weighted by Crippen LogP contribution is 2.37. The second kappa shape index (κ2) is 9.81. The Morgan fingerprint density at radius 1 is 1.33 bits per heavy atom. The van der Waals surface area contributed by atoms with Gasteiger partial charge in [-0.2, -0.15) is 5.26 Å². The molecule has 1 aromatic carbocycles. The fourth-order valence-corrected chi connectivity index (χ4v) is 4.84. The molecule has 4 rings (SSSR count). The van der Waals surface area contributed by atoms with Crippen LogP contribution in [0.25, 0.3) is 11.1 Å². The van der Waals surface area contributed by atoms with Gasteiger partial charge in [-0.05, 0) is 63.8 Å². The number of hydrogen-bond acceptors (Lipinski definition) is 8. The predicted molar refractivity (Wildman–Crippen MR) is 134 cm³/mol. The van der Waals surface area contributed by atoms with Crippen molar-refractivity contribution in [1.82, 2.24) is 9.97 Å². The Bertz CT molecular complexity index is 1200. The number of aromatic nitrogens is 2. The molecule has 0 radical (unpaired) electrons. The third-order valence-electron chi connectivity index (χ3n) is 5.27. The number of ether oxygens (including phenoxy) is 1. The summed E-state index contributed by atoms with van der Waals surface area (Å²) in [5.74, 6) is 0.458. The van der Waals surface area contributed by atoms with Gasteiger partial charge >= 0.3 is 0 Å². The maximum Gasteiger partial charge on any atom is 0.236 e. The summed E-state index contributed by atoms with van der Waals surface area (Å²) >= 11 is 3.21. The molecule has 1 aliphatic carbocycles. The van der Waals surface area contributed by atoms with E-state index in [0.717, 1.165) is 22.0 Å². The highest BCUT2D eigenvalue weighted by atomic mass is 32.2. The first-order chi connectivity index (χ1) is 15.9. The van der Waals surface area contributed by atoms with Crippen molar-refractivity contribution in [2.24, 2.45) is 0 Å². The van der Waals surface area contributed by atoms with E-state index in [0.29, 0.717) is 28.9 Å². The maximum atomic E-state index is 13.2. The molecule has 0 spiro atoms. The van der Waals surface area contributed by atoms with Crippen LogP contribution in [0.4, 0.5) is 10.8 Å². The molecule has 0 unspecified atom stereocenters. The minimum absolute atomic E-state index is 0.155. The third kappa shape index (κ3) is 5.46. The summed E-state index contributed by atoms with van der Waals surface area (Å²) in [6, 6.07) is 9.36. The highest BCUT2D eigenvalue weighted by molar-refractivity contribution is 8.01. The molecule has 1 amide bonds. The largest absolute Gasteiger partial charge is 0.493 e. The minimum atomic E-state index is -0.809. The van der Waals surface area contributed by atoms with Gasteiger partial charge in [0.25, 0.3) is 0 Å². The van der Waals surface area contributed by atoms with E-state index in [1.807, 2.05) is 38.3 Å². The zero-order chi connectivity index (χ0) is 23.4. The average Bonchev–Trinajstić information content (AvgIpc) is 3.52. The number of thiazole rings is 1. The summed E-state index contributed by atoms with van der Waals surface area (Å²) in [4.78, 5) is 21.9. The molecule has 9 heteroatoms. The second-order valence-electron chi connectivity index (χ2n) is 8.25. The van der Waals surface area contributed by atoms with Crippen molar-refractivity contribution < 1.29 is 9.53 Å². The Morgan fingerprint density at radius 2 is 2.15 bits per heavy atom. The molecule has 2 N–H and O–H groups in total. The number of nitriles is 1. The van der Waals surface area contributed by atoms with Crippen LogP contribution in [-0.4, -0.2) is 27.7 Å². The predicted octanol–water partition coefficient (Wildman–Crippen LogP) is 5.61. The van der Waals surface area contributed by atoms with Crippen LogP contribution in [0.1, 0.15) is 44.9 Å². The lowest BCUT2D eigenvalue weighted by Crippen LogP contribution is -2.35. The first-order valence-corrected chi connectivity index (χ1v) is 12.5. The van der Waals surface area contributed by atoms with E-state index in [1.165, 1.54) is 30.4 Å². The number of anilines is 2. The van der Waals surface area contributed by atoms with Gasteiger partial charge in [-0.1, -0.05) is 0 Å². The number of rotatable bonds is 9. The molecule has 1 saturated carbocycles. The Labute approximate surface area is 201 Å². The molecule has 2 aromatic heterocycles. The standard InChI is InChI=1S/C24H25N5O2S2/c1-4-31-20-10-17(5-8-19(20)16-9-15(11-25)12-26-13-16)27-22(30)24(2,3)21-14-32-23(28-21)29-33-18-6-7-18/h5,8-10,12-14,18H,4,6-7H2,1-3H3,(H,27,30)(H,28,29). The Kier molecular flexibility index (Phi) is 6.86. The molecule has 3 aromatic rings. The SMILES string of the molecule is CCOc1cc(NC(=O)C(C)(C)c2csc(NSC3CC3)n2)ccc1-c1cncc(C#N)c1. The zero-order valence-corrected chi connectivity index (χ0v) is 20.3. The Balaban J connectivity index is 1.52. The maximum absolute atomic E-state index is 13.2. The quantitative estimate of drug-likeness (QED) is 0.385. The van der Waals surface area contributed by atoms with E-state index < -0.39 is 5.41 Å². The molecular weight excluding hydrogens is 454 g/mol. The molecular formula is C24H25N5O2S2. The van der Waals surface area contributed by atoms with Gasteiger partial charge in [0, 0.05) is 45.9 Å². The summed E-state index contributed by atoms with van der Waals surface area (Å²) in [7, 11) is 0. The fraction of sp³-hybridized carbons (Fsp3) is 0.333. The van der Waals surface area contributed by atoms with Gasteiger partial charge in [-0.15, -0.1) is 11.3 Å². The highest BCUT2D eigenvalue weighted by Gasteiger charge is 2.33. The van der Waals surface area contributed by atoms with Crippen molar-refractivity contribution in [2.45, 2.75) is 44.3 Å². The van der Waals surface area contributed by atoms with E-state index in [4.69, 9.17) is 4.74 Å². The molecule has 0 atom stereocenters. The van der Waals surface area contributed by atoms with Crippen LogP contribution >= 0.6 is 23.3 Å². The molecule has 0 saturated heterocycles. The number of carbonyl (C=O) groups is 1. The molecule has 2 heterocycles. The second-order valence-corrected chi connectivity index (χ2v) is 10.2. The fourth-order valence-electron chi connectivity index (χ4n) is 3.09. The number of carbonyl (C=O) groups excluding carboxylic acids is 1. The topological polar surface area (TPSA) is 99.9 Å². The van der Waals surface area contributed by atoms with Crippen molar-refractivity contribution in [3.63, 3.8) is 0 Å². The number of amides is 1. The lowest BCUT2D eigenvalue weighted by atomic mass is 9.89. The number of hydrogen-bond donors (Lipinski definition) is 2. The number of pyridine rings is 1. The van der Waals surface area contributed by atoms with Crippen LogP contribution in [0, 0.1) is 11.3 Å². The van der Waals surface area contributed by atoms with E-state index in [2.05, 4.69) is 26.1 Å². The third-order valence-corrected chi connectivity index (χ3v) is 7.27. The lowest BCUT2D eigenvalue weighted by molar-refractivity contribution is -0.120. The molecule has 33 heavy (non-hydrogen) atoms. The molecule has 1 aliphatic rings. The summed E-state index contributed by atoms with van der Waals surface area (Å²) in [5.41, 5.74) is 2.61. The normalized spacial score (nSPS) is 13.3. The first-order valence-electron chi connectivity index (χ1n) is 10.7. The zero-order valence-electron chi connectivity index (χ0n) is 18.7. The van der Waals surface area contributed by atoms with Crippen molar-refractivity contribution in [2.75, 3.05) is 16.6 Å². The molecule has 0 aliphatic heterocycles. The van der Waals surface area contributed by atoms with E-state index >= 15 is 0 Å². The monoisotopic (exact) mass is 479 g/mol. The van der Waals surface area contributed by atoms with Crippen molar-refractivity contribution >= 4 is 40.0 Å². The van der Waals surface area contributed by atoms with Gasteiger partial charge in [-0.3, -0.25) is 9.78 Å². The molecule has 0 bridgehead atoms. The number of benzene rings is 1. The Hall–Kier alpha value is -3.09. The van der Waals surface area contributed by atoms with Crippen molar-refractivity contribution in [3.05, 3.63) is 53.3 Å². The average molecular weight is 480 g/mol. The number of nitrogens with zero attached hydrogens (tertiary/aromatic N) is 3. The number of nitrogens with one attached hydrogen (secondary N) is 2. The summed E-state index contributed by atoms with van der Waals surface area (Å²) in [6.45, 7) is 6.10. The molecule has 170 valence electrons. The van der Waals surface area contributed by atoms with Crippen LogP contribution < -0.4 is 14.8 Å². The van der Waals surface area contributed by atoms with Crippen LogP contribution in [0.2, 0.25) is 0 Å². The van der Waals surface area contributed by atoms with Gasteiger partial charge in [0.2, 0.25) is 5.91 Å². The van der Waals surface area contributed by atoms with E-state index in [-0.39, 0.29) is 5.91 Å². The van der Waals surface area contributed by atoms with Gasteiger partial charge in [0.1, 0.15) is 11.8 Å². The summed E-state index contributed by atoms with van der Waals surface area (Å²) < 4.78 is 9.12.